The van der Waals surface area contributed by atoms with Gasteiger partial charge < -0.3 is 4.42 Å². The Labute approximate surface area is 413 Å². The Balaban J connectivity index is 0.924. The average molecular weight is 913 g/mol. The summed E-state index contributed by atoms with van der Waals surface area (Å²) in [4.78, 5) is 18.7. The quantitative estimate of drug-likeness (QED) is 0.115. The van der Waals surface area contributed by atoms with Gasteiger partial charge >= 0.3 is 0 Å². The molecule has 0 spiro atoms. The number of nitrogens with zero attached hydrogens (tertiary/aromatic N) is 4. The molecule has 0 aliphatic heterocycles. The molecule has 5 heteroatoms. The van der Waals surface area contributed by atoms with Crippen molar-refractivity contribution < 1.29 is 4.42 Å². The van der Waals surface area contributed by atoms with Gasteiger partial charge in [0.1, 0.15) is 11.1 Å². The molecule has 0 atom stereocenters. The van der Waals surface area contributed by atoms with Crippen LogP contribution in [0.2, 0.25) is 0 Å². The van der Waals surface area contributed by atoms with E-state index in [0.717, 1.165) is 98.2 Å². The van der Waals surface area contributed by atoms with Gasteiger partial charge in [-0.1, -0.05) is 170 Å². The lowest BCUT2D eigenvalue weighted by atomic mass is 9.86. The smallest absolute Gasteiger partial charge is 0.153 e. The Kier molecular flexibility index (Phi) is 11.9. The highest BCUT2D eigenvalue weighted by atomic mass is 16.3. The maximum Gasteiger partial charge on any atom is 0.153 e. The van der Waals surface area contributed by atoms with Crippen molar-refractivity contribution in [2.75, 3.05) is 0 Å². The first-order chi connectivity index (χ1) is 35.1. The van der Waals surface area contributed by atoms with Crippen LogP contribution in [0.15, 0.2) is 248 Å². The van der Waals surface area contributed by atoms with E-state index >= 15 is 0 Å². The Morgan fingerprint density at radius 3 is 1.46 bits per heavy atom. The lowest BCUT2D eigenvalue weighted by Gasteiger charge is -2.18. The van der Waals surface area contributed by atoms with Gasteiger partial charge in [-0.25, -0.2) is 0 Å². The third-order valence-corrected chi connectivity index (χ3v) is 13.5. The minimum absolute atomic E-state index is 0.755. The maximum absolute atomic E-state index is 6.28. The Hall–Kier alpha value is -9.06. The van der Waals surface area contributed by atoms with Crippen LogP contribution in [0.3, 0.4) is 0 Å². The highest BCUT2D eigenvalue weighted by Gasteiger charge is 2.18. The third-order valence-electron chi connectivity index (χ3n) is 13.5. The molecule has 338 valence electrons. The number of pyridine rings is 4. The number of rotatable bonds is 13. The van der Waals surface area contributed by atoms with Crippen molar-refractivity contribution >= 4 is 22.1 Å². The molecule has 12 aromatic rings. The number of benzene rings is 7. The first-order valence-electron chi connectivity index (χ1n) is 24.3. The predicted molar refractivity (Wildman–Crippen MR) is 291 cm³/mol. The Morgan fingerprint density at radius 2 is 0.817 bits per heavy atom. The second kappa shape index (κ2) is 19.5. The molecular weight excluding hydrogens is 865 g/mol. The topological polar surface area (TPSA) is 64.7 Å². The van der Waals surface area contributed by atoms with Gasteiger partial charge in [0.05, 0.1) is 22.5 Å². The monoisotopic (exact) mass is 912 g/mol. The number of hydrogen-bond donors (Lipinski definition) is 0. The van der Waals surface area contributed by atoms with Crippen molar-refractivity contribution in [1.29, 1.82) is 0 Å². The minimum atomic E-state index is 0.755. The summed E-state index contributed by atoms with van der Waals surface area (Å²) in [5, 5.41) is 0.908. The van der Waals surface area contributed by atoms with E-state index in [0.29, 0.717) is 0 Å². The minimum Gasteiger partial charge on any atom is -0.454 e. The summed E-state index contributed by atoms with van der Waals surface area (Å²) in [6, 6.07) is 78.2. The first kappa shape index (κ1) is 43.2. The van der Waals surface area contributed by atoms with Crippen LogP contribution in [0.1, 0.15) is 22.3 Å². The van der Waals surface area contributed by atoms with Gasteiger partial charge in [0.25, 0.3) is 0 Å². The van der Waals surface area contributed by atoms with Crippen molar-refractivity contribution in [1.82, 2.24) is 19.9 Å². The number of fused-ring (bicyclic) bond motifs is 3. The fourth-order valence-electron chi connectivity index (χ4n) is 9.81. The largest absolute Gasteiger partial charge is 0.454 e. The average Bonchev–Trinajstić information content (AvgIpc) is 3.83. The molecule has 12 rings (SSSR count). The van der Waals surface area contributed by atoms with Crippen LogP contribution in [0.5, 0.6) is 0 Å². The molecule has 0 N–H and O–H groups in total. The highest BCUT2D eigenvalue weighted by molar-refractivity contribution is 6.03. The zero-order chi connectivity index (χ0) is 47.3. The second-order valence-corrected chi connectivity index (χ2v) is 18.1. The fourth-order valence-corrected chi connectivity index (χ4v) is 9.81. The van der Waals surface area contributed by atoms with E-state index in [4.69, 9.17) is 9.40 Å². The molecule has 5 heterocycles. The van der Waals surface area contributed by atoms with Crippen LogP contribution in [0.4, 0.5) is 0 Å². The Bertz CT molecular complexity index is 3670. The lowest BCUT2D eigenvalue weighted by molar-refractivity contribution is 0.668. The van der Waals surface area contributed by atoms with E-state index in [9.17, 15) is 0 Å². The summed E-state index contributed by atoms with van der Waals surface area (Å²) < 4.78 is 6.28. The maximum atomic E-state index is 6.28. The lowest BCUT2D eigenvalue weighted by Crippen LogP contribution is -1.98. The van der Waals surface area contributed by atoms with Crippen LogP contribution in [-0.2, 0) is 25.7 Å². The van der Waals surface area contributed by atoms with Crippen LogP contribution < -0.4 is 0 Å². The third kappa shape index (κ3) is 9.29. The molecule has 0 radical (unpaired) electrons. The zero-order valence-corrected chi connectivity index (χ0v) is 39.1. The van der Waals surface area contributed by atoms with E-state index in [1.54, 1.807) is 6.20 Å². The molecule has 0 saturated heterocycles. The number of aromatic nitrogens is 4. The molecule has 0 saturated carbocycles. The molecule has 5 aromatic heterocycles. The van der Waals surface area contributed by atoms with Crippen molar-refractivity contribution in [3.63, 3.8) is 0 Å². The van der Waals surface area contributed by atoms with Crippen molar-refractivity contribution in [2.45, 2.75) is 25.7 Å². The number of furan rings is 1. The molecular formula is C66H48N4O. The molecule has 0 fully saturated rings. The summed E-state index contributed by atoms with van der Waals surface area (Å²) in [6.07, 6.45) is 11.1. The molecule has 0 bridgehead atoms. The van der Waals surface area contributed by atoms with Gasteiger partial charge in [0.15, 0.2) is 5.58 Å². The molecule has 0 unspecified atom stereocenters. The van der Waals surface area contributed by atoms with Crippen molar-refractivity contribution in [3.8, 4) is 78.3 Å². The second-order valence-electron chi connectivity index (χ2n) is 18.1. The van der Waals surface area contributed by atoms with Gasteiger partial charge in [-0.15, -0.1) is 0 Å². The van der Waals surface area contributed by atoms with Gasteiger partial charge in [0, 0.05) is 47.5 Å². The van der Waals surface area contributed by atoms with Gasteiger partial charge in [0.2, 0.25) is 0 Å². The van der Waals surface area contributed by atoms with E-state index < -0.39 is 0 Å². The first-order valence-corrected chi connectivity index (χ1v) is 24.3. The van der Waals surface area contributed by atoms with E-state index in [2.05, 4.69) is 191 Å². The number of hydrogen-bond acceptors (Lipinski definition) is 5. The summed E-state index contributed by atoms with van der Waals surface area (Å²) in [7, 11) is 0. The molecule has 0 aliphatic rings. The van der Waals surface area contributed by atoms with E-state index in [1.165, 1.54) is 50.1 Å². The molecule has 5 nitrogen and oxygen atoms in total. The summed E-state index contributed by atoms with van der Waals surface area (Å²) in [6.45, 7) is 0. The number of aryl methyl sites for hydroxylation is 4. The molecule has 7 aromatic carbocycles. The van der Waals surface area contributed by atoms with E-state index in [1.807, 2.05) is 61.1 Å². The predicted octanol–water partition coefficient (Wildman–Crippen LogP) is 16.4. The molecule has 0 amide bonds. The van der Waals surface area contributed by atoms with Crippen molar-refractivity contribution in [3.05, 3.63) is 265 Å². The van der Waals surface area contributed by atoms with Gasteiger partial charge in [-0.2, -0.15) is 0 Å². The van der Waals surface area contributed by atoms with Crippen LogP contribution >= 0.6 is 0 Å². The van der Waals surface area contributed by atoms with Crippen LogP contribution in [0.25, 0.3) is 100 Å². The molecule has 0 aliphatic carbocycles. The zero-order valence-electron chi connectivity index (χ0n) is 39.1. The standard InChI is InChI=1S/C66H48N4O/c1-2-11-49(12-3-1)50-30-32-51(33-31-50)59-42-54(63-43-65-60(44-70-63)66-64(71-65)17-10-38-69-66)34-35-58(59)57-14-5-4-13-56(57)55-40-47(20-18-45-22-26-52(27-23-45)61-15-6-8-36-67-61)39-48(41-55)21-19-46-24-28-53(29-25-46)62-16-7-9-37-68-62/h1-17,22-44H,18-21H2. The van der Waals surface area contributed by atoms with Gasteiger partial charge in [-0.05, 0) is 135 Å². The normalized spacial score (nSPS) is 11.3. The highest BCUT2D eigenvalue weighted by Crippen LogP contribution is 2.42. The van der Waals surface area contributed by atoms with E-state index in [-0.39, 0.29) is 0 Å². The Morgan fingerprint density at radius 1 is 0.282 bits per heavy atom. The van der Waals surface area contributed by atoms with Gasteiger partial charge in [-0.3, -0.25) is 19.9 Å². The SMILES string of the molecule is c1ccc(-c2ccc(-c3cc(-c4cc5oc6cccnc6c5cn4)ccc3-c3ccccc3-c3cc(CCc4ccc(-c5ccccn5)cc4)cc(CCc4ccc(-c5ccccn5)cc4)c3)cc2)cc1. The summed E-state index contributed by atoms with van der Waals surface area (Å²) >= 11 is 0. The summed E-state index contributed by atoms with van der Waals surface area (Å²) in [5.41, 5.74) is 23.0. The summed E-state index contributed by atoms with van der Waals surface area (Å²) in [5.74, 6) is 0. The van der Waals surface area contributed by atoms with Crippen LogP contribution in [-0.4, -0.2) is 19.9 Å². The fraction of sp³-hybridized carbons (Fsp3) is 0.0606. The molecule has 71 heavy (non-hydrogen) atoms. The van der Waals surface area contributed by atoms with Crippen molar-refractivity contribution in [2.24, 2.45) is 0 Å². The van der Waals surface area contributed by atoms with Crippen LogP contribution in [0, 0.1) is 0 Å².